The van der Waals surface area contributed by atoms with Gasteiger partial charge >= 0.3 is 0 Å². The van der Waals surface area contributed by atoms with Crippen LogP contribution in [0.15, 0.2) is 48.5 Å². The summed E-state index contributed by atoms with van der Waals surface area (Å²) in [5, 5.41) is 8.31. The quantitative estimate of drug-likeness (QED) is 0.364. The molecule has 0 heteroatoms. The van der Waals surface area contributed by atoms with Crippen molar-refractivity contribution >= 4 is 32.3 Å². The van der Waals surface area contributed by atoms with E-state index in [0.717, 1.165) is 0 Å². The smallest absolute Gasteiger partial charge is 0.00215 e. The van der Waals surface area contributed by atoms with Gasteiger partial charge < -0.3 is 0 Å². The number of hydrogen-bond acceptors (Lipinski definition) is 0. The van der Waals surface area contributed by atoms with Crippen LogP contribution in [0.25, 0.3) is 32.3 Å². The Morgan fingerprint density at radius 2 is 1.17 bits per heavy atom. The van der Waals surface area contributed by atoms with E-state index in [4.69, 9.17) is 0 Å². The van der Waals surface area contributed by atoms with Crippen molar-refractivity contribution < 1.29 is 0 Å². The Balaban J connectivity index is 2.48. The first kappa shape index (κ1) is 9.90. The Morgan fingerprint density at radius 3 is 1.72 bits per heavy atom. The fraction of sp³-hybridized carbons (Fsp3) is 0.111. The minimum Gasteiger partial charge on any atom is -0.0610 e. The van der Waals surface area contributed by atoms with Crippen LogP contribution in [0, 0.1) is 13.8 Å². The second kappa shape index (κ2) is 3.23. The van der Waals surface area contributed by atoms with E-state index in [-0.39, 0.29) is 0 Å². The van der Waals surface area contributed by atoms with Crippen LogP contribution in [0.4, 0.5) is 0 Å². The van der Waals surface area contributed by atoms with Gasteiger partial charge in [0.15, 0.2) is 0 Å². The summed E-state index contributed by atoms with van der Waals surface area (Å²) in [6, 6.07) is 17.9. The summed E-state index contributed by atoms with van der Waals surface area (Å²) in [7, 11) is 0. The molecular weight excluding hydrogens is 216 g/mol. The van der Waals surface area contributed by atoms with Crippen LogP contribution in [0.2, 0.25) is 0 Å². The lowest BCUT2D eigenvalue weighted by molar-refractivity contribution is 1.46. The third-order valence-electron chi connectivity index (χ3n) is 4.06. The van der Waals surface area contributed by atoms with Gasteiger partial charge in [-0.3, -0.25) is 0 Å². The number of benzene rings is 4. The summed E-state index contributed by atoms with van der Waals surface area (Å²) in [6.07, 6.45) is 0. The molecule has 86 valence electrons. The highest BCUT2D eigenvalue weighted by Crippen LogP contribution is 2.37. The van der Waals surface area contributed by atoms with Gasteiger partial charge in [-0.05, 0) is 57.3 Å². The third-order valence-corrected chi connectivity index (χ3v) is 4.06. The third kappa shape index (κ3) is 1.10. The molecule has 0 bridgehead atoms. The van der Waals surface area contributed by atoms with E-state index in [2.05, 4.69) is 62.4 Å². The molecule has 0 saturated heterocycles. The van der Waals surface area contributed by atoms with E-state index >= 15 is 0 Å². The number of hydrogen-bond donors (Lipinski definition) is 0. The molecule has 0 unspecified atom stereocenters. The van der Waals surface area contributed by atoms with E-state index in [0.29, 0.717) is 0 Å². The first-order valence-electron chi connectivity index (χ1n) is 6.39. The van der Waals surface area contributed by atoms with Crippen molar-refractivity contribution in [1.29, 1.82) is 0 Å². The minimum absolute atomic E-state index is 1.34. The lowest BCUT2D eigenvalue weighted by atomic mass is 9.90. The first-order valence-corrected chi connectivity index (χ1v) is 6.39. The molecule has 0 aliphatic heterocycles. The highest BCUT2D eigenvalue weighted by molar-refractivity contribution is 6.24. The van der Waals surface area contributed by atoms with E-state index in [9.17, 15) is 0 Å². The summed E-state index contributed by atoms with van der Waals surface area (Å²) >= 11 is 0. The van der Waals surface area contributed by atoms with Gasteiger partial charge in [-0.2, -0.15) is 0 Å². The second-order valence-electron chi connectivity index (χ2n) is 5.19. The van der Waals surface area contributed by atoms with Gasteiger partial charge in [0.1, 0.15) is 0 Å². The van der Waals surface area contributed by atoms with Crippen molar-refractivity contribution in [2.45, 2.75) is 13.8 Å². The molecule has 0 radical (unpaired) electrons. The molecule has 0 nitrogen and oxygen atoms in total. The van der Waals surface area contributed by atoms with Crippen LogP contribution in [-0.2, 0) is 0 Å². The zero-order chi connectivity index (χ0) is 12.3. The molecule has 0 N–H and O–H groups in total. The lowest BCUT2D eigenvalue weighted by Crippen LogP contribution is -1.88. The summed E-state index contributed by atoms with van der Waals surface area (Å²) in [5.74, 6) is 0. The van der Waals surface area contributed by atoms with Crippen molar-refractivity contribution in [3.05, 3.63) is 59.7 Å². The van der Waals surface area contributed by atoms with Crippen molar-refractivity contribution in [2.75, 3.05) is 0 Å². The van der Waals surface area contributed by atoms with Crippen LogP contribution in [0.1, 0.15) is 11.1 Å². The van der Waals surface area contributed by atoms with E-state index < -0.39 is 0 Å². The molecule has 4 aromatic rings. The van der Waals surface area contributed by atoms with Gasteiger partial charge in [-0.25, -0.2) is 0 Å². The average Bonchev–Trinajstić information content (AvgIpc) is 2.38. The van der Waals surface area contributed by atoms with Crippen molar-refractivity contribution in [3.8, 4) is 0 Å². The van der Waals surface area contributed by atoms with E-state index in [1.165, 1.54) is 43.4 Å². The molecule has 0 spiro atoms. The van der Waals surface area contributed by atoms with Crippen molar-refractivity contribution in [1.82, 2.24) is 0 Å². The SMILES string of the molecule is Cc1cc(C)c2ccc3cccc4ccc1c2c43. The second-order valence-corrected chi connectivity index (χ2v) is 5.19. The number of rotatable bonds is 0. The highest BCUT2D eigenvalue weighted by Gasteiger charge is 2.10. The van der Waals surface area contributed by atoms with Crippen LogP contribution >= 0.6 is 0 Å². The van der Waals surface area contributed by atoms with Crippen LogP contribution < -0.4 is 0 Å². The van der Waals surface area contributed by atoms with Gasteiger partial charge in [0, 0.05) is 0 Å². The Labute approximate surface area is 106 Å². The maximum absolute atomic E-state index is 2.29. The molecule has 0 aliphatic carbocycles. The van der Waals surface area contributed by atoms with E-state index in [1.807, 2.05) is 0 Å². The van der Waals surface area contributed by atoms with Gasteiger partial charge in [0.25, 0.3) is 0 Å². The molecule has 4 rings (SSSR count). The summed E-state index contributed by atoms with van der Waals surface area (Å²) in [6.45, 7) is 4.41. The molecule has 0 amide bonds. The van der Waals surface area contributed by atoms with E-state index in [1.54, 1.807) is 0 Å². The summed E-state index contributed by atoms with van der Waals surface area (Å²) in [5.41, 5.74) is 2.75. The molecule has 0 aromatic heterocycles. The fourth-order valence-electron chi connectivity index (χ4n) is 3.22. The predicted molar refractivity (Wildman–Crippen MR) is 79.6 cm³/mol. The summed E-state index contributed by atoms with van der Waals surface area (Å²) < 4.78 is 0. The minimum atomic E-state index is 1.34. The van der Waals surface area contributed by atoms with Crippen molar-refractivity contribution in [2.24, 2.45) is 0 Å². The van der Waals surface area contributed by atoms with Crippen LogP contribution in [-0.4, -0.2) is 0 Å². The zero-order valence-electron chi connectivity index (χ0n) is 10.6. The van der Waals surface area contributed by atoms with Crippen molar-refractivity contribution in [3.63, 3.8) is 0 Å². The molecule has 0 saturated carbocycles. The van der Waals surface area contributed by atoms with Crippen LogP contribution in [0.5, 0.6) is 0 Å². The lowest BCUT2D eigenvalue weighted by Gasteiger charge is -2.14. The standard InChI is InChI=1S/C18H14/c1-11-10-12(2)16-9-7-14-5-3-4-13-6-8-15(11)18(16)17(13)14/h3-10H,1-2H3. The van der Waals surface area contributed by atoms with Gasteiger partial charge in [0.2, 0.25) is 0 Å². The number of aryl methyl sites for hydroxylation is 2. The van der Waals surface area contributed by atoms with Gasteiger partial charge in [-0.15, -0.1) is 0 Å². The summed E-state index contributed by atoms with van der Waals surface area (Å²) in [4.78, 5) is 0. The topological polar surface area (TPSA) is 0 Å². The average molecular weight is 230 g/mol. The molecule has 0 heterocycles. The van der Waals surface area contributed by atoms with Gasteiger partial charge in [-0.1, -0.05) is 48.5 Å². The molecule has 18 heavy (non-hydrogen) atoms. The predicted octanol–water partition coefficient (Wildman–Crippen LogP) is 5.20. The Morgan fingerprint density at radius 1 is 0.611 bits per heavy atom. The molecule has 0 aliphatic rings. The Kier molecular flexibility index (Phi) is 1.78. The molecule has 0 fully saturated rings. The Bertz CT molecular complexity index is 818. The maximum Gasteiger partial charge on any atom is -0.00215 e. The maximum atomic E-state index is 2.29. The normalized spacial score (nSPS) is 11.9. The monoisotopic (exact) mass is 230 g/mol. The Hall–Kier alpha value is -2.08. The molecular formula is C18H14. The van der Waals surface area contributed by atoms with Gasteiger partial charge in [0.05, 0.1) is 0 Å². The first-order chi connectivity index (χ1) is 8.75. The molecule has 0 atom stereocenters. The largest absolute Gasteiger partial charge is 0.0610 e. The fourth-order valence-corrected chi connectivity index (χ4v) is 3.22. The zero-order valence-corrected chi connectivity index (χ0v) is 10.6. The highest BCUT2D eigenvalue weighted by atomic mass is 14.1. The van der Waals surface area contributed by atoms with Crippen LogP contribution in [0.3, 0.4) is 0 Å². The molecule has 4 aromatic carbocycles.